The van der Waals surface area contributed by atoms with E-state index in [-0.39, 0.29) is 31.3 Å². The number of aromatic nitrogens is 4. The molecule has 0 aromatic carbocycles. The third-order valence-electron chi connectivity index (χ3n) is 5.82. The zero-order chi connectivity index (χ0) is 25.4. The van der Waals surface area contributed by atoms with E-state index in [0.717, 1.165) is 16.6 Å². The van der Waals surface area contributed by atoms with Crippen LogP contribution in [-0.4, -0.2) is 48.1 Å². The maximum absolute atomic E-state index is 13.1. The van der Waals surface area contributed by atoms with Crippen molar-refractivity contribution in [1.82, 2.24) is 24.4 Å². The second-order valence-corrected chi connectivity index (χ2v) is 9.25. The Balaban J connectivity index is 1.39. The van der Waals surface area contributed by atoms with Crippen molar-refractivity contribution in [2.45, 2.75) is 32.1 Å². The second kappa shape index (κ2) is 9.22. The molecule has 9 nitrogen and oxygen atoms in total. The Morgan fingerprint density at radius 2 is 1.97 bits per heavy atom. The molecule has 5 rings (SSSR count). The van der Waals surface area contributed by atoms with Crippen molar-refractivity contribution in [1.29, 1.82) is 0 Å². The maximum Gasteiger partial charge on any atom is 0.512 e. The number of pyridine rings is 2. The molecule has 1 aliphatic rings. The van der Waals surface area contributed by atoms with Crippen LogP contribution in [0, 0.1) is 0 Å². The van der Waals surface area contributed by atoms with E-state index in [1.165, 1.54) is 18.5 Å². The fourth-order valence-electron chi connectivity index (χ4n) is 4.26. The van der Waals surface area contributed by atoms with Crippen LogP contribution in [0.15, 0.2) is 42.9 Å². The Bertz CT molecular complexity index is 1450. The minimum absolute atomic E-state index is 0.0535. The first-order valence-electron chi connectivity index (χ1n) is 10.8. The summed E-state index contributed by atoms with van der Waals surface area (Å²) < 4.78 is 45.5. The summed E-state index contributed by atoms with van der Waals surface area (Å²) in [6, 6.07) is 6.68. The summed E-state index contributed by atoms with van der Waals surface area (Å²) in [5.41, 5.74) is 3.10. The Labute approximate surface area is 205 Å². The number of fused-ring (bicyclic) bond motifs is 3. The van der Waals surface area contributed by atoms with E-state index >= 15 is 0 Å². The van der Waals surface area contributed by atoms with Crippen molar-refractivity contribution in [2.75, 3.05) is 6.54 Å². The summed E-state index contributed by atoms with van der Waals surface area (Å²) in [4.78, 5) is 37.7. The van der Waals surface area contributed by atoms with Gasteiger partial charge in [-0.25, -0.2) is 19.7 Å². The Hall–Kier alpha value is -4.00. The molecule has 1 amide bonds. The van der Waals surface area contributed by atoms with E-state index in [1.807, 2.05) is 16.7 Å². The molecule has 0 aliphatic carbocycles. The number of rotatable bonds is 5. The third kappa shape index (κ3) is 4.73. The van der Waals surface area contributed by atoms with Gasteiger partial charge in [0.25, 0.3) is 0 Å². The lowest BCUT2D eigenvalue weighted by Gasteiger charge is -2.28. The first-order valence-corrected chi connectivity index (χ1v) is 11.6. The van der Waals surface area contributed by atoms with Crippen LogP contribution in [0.25, 0.3) is 11.0 Å². The van der Waals surface area contributed by atoms with Crippen LogP contribution in [0.3, 0.4) is 0 Å². The van der Waals surface area contributed by atoms with E-state index in [9.17, 15) is 22.8 Å². The van der Waals surface area contributed by atoms with E-state index in [1.54, 1.807) is 17.2 Å². The highest BCUT2D eigenvalue weighted by molar-refractivity contribution is 7.11. The van der Waals surface area contributed by atoms with Crippen molar-refractivity contribution >= 4 is 34.4 Å². The highest BCUT2D eigenvalue weighted by Gasteiger charge is 2.35. The topological polar surface area (TPSA) is 110 Å². The largest absolute Gasteiger partial charge is 0.512 e. The minimum atomic E-state index is -4.50. The second-order valence-electron chi connectivity index (χ2n) is 8.13. The maximum atomic E-state index is 13.1. The Morgan fingerprint density at radius 3 is 2.67 bits per heavy atom. The van der Waals surface area contributed by atoms with Crippen LogP contribution in [0.2, 0.25) is 0 Å². The van der Waals surface area contributed by atoms with Crippen LogP contribution in [0.1, 0.15) is 26.7 Å². The molecule has 0 saturated carbocycles. The van der Waals surface area contributed by atoms with Crippen molar-refractivity contribution in [2.24, 2.45) is 0 Å². The number of carbonyl (C=O) groups is 2. The van der Waals surface area contributed by atoms with Crippen LogP contribution < -0.4 is 4.74 Å². The summed E-state index contributed by atoms with van der Waals surface area (Å²) in [6.45, 7) is 0.920. The standard InChI is InChI=1S/C23H18F3N5O4S/c24-23(25,26)21-29-10-14(36-21)11-31-17-12-30(7-5-15(17)16-2-1-6-27-20(16)31)19(32)8-13-3-4-18(28-9-13)35-22(33)34/h1-4,6,9-10H,5,7-8,11-12H2,(H,33,34). The summed E-state index contributed by atoms with van der Waals surface area (Å²) in [6.07, 6.45) is -1.11. The quantitative estimate of drug-likeness (QED) is 0.396. The lowest BCUT2D eigenvalue weighted by molar-refractivity contribution is -0.137. The van der Waals surface area contributed by atoms with E-state index in [2.05, 4.69) is 19.7 Å². The van der Waals surface area contributed by atoms with Gasteiger partial charge < -0.3 is 19.3 Å². The molecular weight excluding hydrogens is 499 g/mol. The summed E-state index contributed by atoms with van der Waals surface area (Å²) >= 11 is 0.592. The molecule has 1 N–H and O–H groups in total. The molecule has 5 heterocycles. The summed E-state index contributed by atoms with van der Waals surface area (Å²) in [7, 11) is 0. The van der Waals surface area contributed by atoms with Gasteiger partial charge in [-0.3, -0.25) is 4.79 Å². The highest BCUT2D eigenvalue weighted by atomic mass is 32.1. The van der Waals surface area contributed by atoms with Gasteiger partial charge in [0.15, 0.2) is 5.01 Å². The number of halogens is 3. The number of ether oxygens (including phenoxy) is 1. The van der Waals surface area contributed by atoms with Gasteiger partial charge >= 0.3 is 12.3 Å². The van der Waals surface area contributed by atoms with Crippen LogP contribution in [-0.2, 0) is 36.9 Å². The molecule has 0 unspecified atom stereocenters. The molecule has 0 bridgehead atoms. The van der Waals surface area contributed by atoms with Gasteiger partial charge in [-0.05, 0) is 29.7 Å². The number of carbonyl (C=O) groups excluding carboxylic acids is 1. The van der Waals surface area contributed by atoms with Gasteiger partial charge in [0.2, 0.25) is 11.8 Å². The molecule has 186 valence electrons. The zero-order valence-electron chi connectivity index (χ0n) is 18.5. The molecule has 4 aromatic rings. The van der Waals surface area contributed by atoms with E-state index in [4.69, 9.17) is 5.11 Å². The van der Waals surface area contributed by atoms with Gasteiger partial charge in [0.05, 0.1) is 19.5 Å². The van der Waals surface area contributed by atoms with Crippen molar-refractivity contribution < 1.29 is 32.6 Å². The number of hydrogen-bond donors (Lipinski definition) is 1. The van der Waals surface area contributed by atoms with Crippen molar-refractivity contribution in [3.63, 3.8) is 0 Å². The Kier molecular flexibility index (Phi) is 6.08. The van der Waals surface area contributed by atoms with Crippen molar-refractivity contribution in [3.8, 4) is 5.88 Å². The van der Waals surface area contributed by atoms with Gasteiger partial charge in [-0.15, -0.1) is 11.3 Å². The van der Waals surface area contributed by atoms with E-state index < -0.39 is 17.3 Å². The van der Waals surface area contributed by atoms with Gasteiger partial charge in [0.1, 0.15) is 5.65 Å². The van der Waals surface area contributed by atoms with Gasteiger partial charge in [-0.2, -0.15) is 13.2 Å². The van der Waals surface area contributed by atoms with Crippen LogP contribution >= 0.6 is 11.3 Å². The average Bonchev–Trinajstić information content (AvgIpc) is 3.44. The zero-order valence-corrected chi connectivity index (χ0v) is 19.3. The predicted molar refractivity (Wildman–Crippen MR) is 122 cm³/mol. The van der Waals surface area contributed by atoms with Crippen molar-refractivity contribution in [3.05, 3.63) is 69.6 Å². The summed E-state index contributed by atoms with van der Waals surface area (Å²) in [5, 5.41) is 8.67. The molecule has 0 saturated heterocycles. The van der Waals surface area contributed by atoms with Crippen LogP contribution in [0.5, 0.6) is 5.88 Å². The number of amides is 1. The normalized spacial score (nSPS) is 13.6. The fraction of sp³-hybridized carbons (Fsp3) is 0.261. The molecule has 0 atom stereocenters. The van der Waals surface area contributed by atoms with E-state index in [0.29, 0.717) is 40.4 Å². The smallest absolute Gasteiger partial charge is 0.449 e. The lowest BCUT2D eigenvalue weighted by Crippen LogP contribution is -2.37. The molecule has 0 radical (unpaired) electrons. The number of nitrogens with zero attached hydrogens (tertiary/aromatic N) is 5. The van der Waals surface area contributed by atoms with Gasteiger partial charge in [-0.1, -0.05) is 6.07 Å². The SMILES string of the molecule is O=C(O)Oc1ccc(CC(=O)N2CCc3c(n(Cc4cnc(C(F)(F)F)s4)c4ncccc34)C2)cn1. The molecule has 4 aromatic heterocycles. The predicted octanol–water partition coefficient (Wildman–Crippen LogP) is 4.14. The molecular formula is C23H18F3N5O4S. The number of alkyl halides is 3. The third-order valence-corrected chi connectivity index (χ3v) is 6.85. The average molecular weight is 517 g/mol. The first-order chi connectivity index (χ1) is 17.2. The first kappa shape index (κ1) is 23.7. The minimum Gasteiger partial charge on any atom is -0.449 e. The lowest BCUT2D eigenvalue weighted by atomic mass is 10.0. The highest BCUT2D eigenvalue weighted by Crippen LogP contribution is 2.35. The number of carboxylic acid groups (broad SMARTS) is 1. The number of hydrogen-bond acceptors (Lipinski definition) is 7. The molecule has 13 heteroatoms. The Morgan fingerprint density at radius 1 is 1.14 bits per heavy atom. The molecule has 0 spiro atoms. The molecule has 36 heavy (non-hydrogen) atoms. The monoisotopic (exact) mass is 517 g/mol. The fourth-order valence-corrected chi connectivity index (χ4v) is 5.03. The number of thiazole rings is 1. The summed E-state index contributed by atoms with van der Waals surface area (Å²) in [5.74, 6) is -0.244. The molecule has 1 aliphatic heterocycles. The molecule has 0 fully saturated rings. The van der Waals surface area contributed by atoms with Crippen LogP contribution in [0.4, 0.5) is 18.0 Å². The van der Waals surface area contributed by atoms with Gasteiger partial charge in [0, 0.05) is 47.2 Å².